The van der Waals surface area contributed by atoms with Crippen LogP contribution in [0, 0.1) is 0 Å². The van der Waals surface area contributed by atoms with E-state index in [1.807, 2.05) is 12.1 Å². The average Bonchev–Trinajstić information content (AvgIpc) is 2.63. The number of allylic oxidation sites excluding steroid dienone is 1. The number of rotatable bonds is 3. The molecular weight excluding hydrogens is 204 g/mol. The van der Waals surface area contributed by atoms with Crippen molar-refractivity contribution in [1.29, 1.82) is 0 Å². The van der Waals surface area contributed by atoms with Crippen LogP contribution in [0.1, 0.15) is 35.7 Å². The highest BCUT2D eigenvalue weighted by Gasteiger charge is 2.26. The molecule has 0 atom stereocenters. The second-order valence-electron chi connectivity index (χ2n) is 3.66. The van der Waals surface area contributed by atoms with Gasteiger partial charge in [-0.25, -0.2) is 4.79 Å². The van der Waals surface area contributed by atoms with E-state index in [1.54, 1.807) is 19.2 Å². The van der Waals surface area contributed by atoms with E-state index in [1.165, 1.54) is 0 Å². The lowest BCUT2D eigenvalue weighted by atomic mass is 10.1. The van der Waals surface area contributed by atoms with Gasteiger partial charge in [-0.15, -0.1) is 0 Å². The Morgan fingerprint density at radius 1 is 1.38 bits per heavy atom. The lowest BCUT2D eigenvalue weighted by molar-refractivity contribution is 0.0715. The van der Waals surface area contributed by atoms with E-state index in [-0.39, 0.29) is 5.97 Å². The lowest BCUT2D eigenvalue weighted by Crippen LogP contribution is -1.93. The Kier molecular flexibility index (Phi) is 2.95. The second kappa shape index (κ2) is 4.39. The van der Waals surface area contributed by atoms with Gasteiger partial charge in [0.2, 0.25) is 0 Å². The summed E-state index contributed by atoms with van der Waals surface area (Å²) in [5, 5.41) is 0. The van der Waals surface area contributed by atoms with Crippen LogP contribution in [0.3, 0.4) is 0 Å². The molecule has 84 valence electrons. The highest BCUT2D eigenvalue weighted by molar-refractivity contribution is 6.03. The summed E-state index contributed by atoms with van der Waals surface area (Å²) in [4.78, 5) is 11.5. The van der Waals surface area contributed by atoms with Crippen molar-refractivity contribution < 1.29 is 14.3 Å². The van der Waals surface area contributed by atoms with Gasteiger partial charge in [0.15, 0.2) is 0 Å². The molecule has 3 heteroatoms. The highest BCUT2D eigenvalue weighted by atomic mass is 16.5. The molecule has 0 unspecified atom stereocenters. The molecular formula is C13H14O3. The second-order valence-corrected chi connectivity index (χ2v) is 3.66. The van der Waals surface area contributed by atoms with Crippen molar-refractivity contribution in [3.63, 3.8) is 0 Å². The van der Waals surface area contributed by atoms with Gasteiger partial charge < -0.3 is 9.47 Å². The van der Waals surface area contributed by atoms with Crippen LogP contribution in [0.2, 0.25) is 0 Å². The number of hydrogen-bond acceptors (Lipinski definition) is 3. The summed E-state index contributed by atoms with van der Waals surface area (Å²) >= 11 is 0. The molecule has 0 saturated heterocycles. The molecule has 1 heterocycles. The first-order valence-corrected chi connectivity index (χ1v) is 5.37. The zero-order valence-electron chi connectivity index (χ0n) is 9.45. The first-order valence-electron chi connectivity index (χ1n) is 5.37. The SMILES string of the molecule is CCC/C=C1\OC(=O)c2ccc(OC)cc21. The van der Waals surface area contributed by atoms with Crippen molar-refractivity contribution >= 4 is 11.7 Å². The van der Waals surface area contributed by atoms with Crippen LogP contribution in [-0.2, 0) is 4.74 Å². The number of carbonyl (C=O) groups excluding carboxylic acids is 1. The van der Waals surface area contributed by atoms with Gasteiger partial charge in [0.25, 0.3) is 0 Å². The Morgan fingerprint density at radius 3 is 2.88 bits per heavy atom. The molecule has 16 heavy (non-hydrogen) atoms. The number of cyclic esters (lactones) is 1. The standard InChI is InChI=1S/C13H14O3/c1-3-4-5-12-11-8-9(15-2)6-7-10(11)13(14)16-12/h5-8H,3-4H2,1-2H3/b12-5-. The van der Waals surface area contributed by atoms with E-state index >= 15 is 0 Å². The molecule has 0 spiro atoms. The Bertz CT molecular complexity index is 446. The van der Waals surface area contributed by atoms with Gasteiger partial charge in [0, 0.05) is 5.56 Å². The maximum atomic E-state index is 11.5. The Hall–Kier alpha value is -1.77. The van der Waals surface area contributed by atoms with E-state index in [0.717, 1.165) is 24.2 Å². The van der Waals surface area contributed by atoms with Crippen molar-refractivity contribution in [2.75, 3.05) is 7.11 Å². The highest BCUT2D eigenvalue weighted by Crippen LogP contribution is 2.32. The van der Waals surface area contributed by atoms with E-state index in [4.69, 9.17) is 9.47 Å². The van der Waals surface area contributed by atoms with Gasteiger partial charge in [0.05, 0.1) is 12.7 Å². The zero-order chi connectivity index (χ0) is 11.5. The molecule has 1 aromatic carbocycles. The van der Waals surface area contributed by atoms with Crippen LogP contribution in [0.25, 0.3) is 5.76 Å². The van der Waals surface area contributed by atoms with Gasteiger partial charge >= 0.3 is 5.97 Å². The number of esters is 1. The fraction of sp³-hybridized carbons (Fsp3) is 0.308. The molecule has 3 nitrogen and oxygen atoms in total. The summed E-state index contributed by atoms with van der Waals surface area (Å²) in [7, 11) is 1.61. The third-order valence-electron chi connectivity index (χ3n) is 2.53. The molecule has 0 radical (unpaired) electrons. The van der Waals surface area contributed by atoms with Gasteiger partial charge in [-0.05, 0) is 30.7 Å². The van der Waals surface area contributed by atoms with Gasteiger partial charge in [-0.1, -0.05) is 13.3 Å². The largest absolute Gasteiger partial charge is 0.497 e. The molecule has 1 aliphatic rings. The molecule has 0 aliphatic carbocycles. The van der Waals surface area contributed by atoms with Crippen molar-refractivity contribution in [1.82, 2.24) is 0 Å². The normalized spacial score (nSPS) is 16.1. The summed E-state index contributed by atoms with van der Waals surface area (Å²) in [5.41, 5.74) is 1.45. The minimum Gasteiger partial charge on any atom is -0.497 e. The maximum absolute atomic E-state index is 11.5. The number of unbranched alkanes of at least 4 members (excludes halogenated alkanes) is 1. The predicted octanol–water partition coefficient (Wildman–Crippen LogP) is 3.01. The molecule has 1 aromatic rings. The number of hydrogen-bond donors (Lipinski definition) is 0. The minimum absolute atomic E-state index is 0.278. The summed E-state index contributed by atoms with van der Waals surface area (Å²) in [6.45, 7) is 2.08. The zero-order valence-corrected chi connectivity index (χ0v) is 9.45. The van der Waals surface area contributed by atoms with Crippen molar-refractivity contribution in [3.8, 4) is 5.75 Å². The van der Waals surface area contributed by atoms with Crippen LogP contribution in [0.5, 0.6) is 5.75 Å². The fourth-order valence-corrected chi connectivity index (χ4v) is 1.67. The van der Waals surface area contributed by atoms with Crippen LogP contribution in [-0.4, -0.2) is 13.1 Å². The van der Waals surface area contributed by atoms with Gasteiger partial charge in [-0.2, -0.15) is 0 Å². The van der Waals surface area contributed by atoms with E-state index in [0.29, 0.717) is 11.3 Å². The molecule has 2 rings (SSSR count). The molecule has 1 aliphatic heterocycles. The molecule has 0 saturated carbocycles. The molecule has 0 aromatic heterocycles. The Labute approximate surface area is 94.7 Å². The number of carbonyl (C=O) groups is 1. The molecule has 0 bridgehead atoms. The maximum Gasteiger partial charge on any atom is 0.344 e. The Morgan fingerprint density at radius 2 is 2.19 bits per heavy atom. The number of fused-ring (bicyclic) bond motifs is 1. The smallest absolute Gasteiger partial charge is 0.344 e. The number of ether oxygens (including phenoxy) is 2. The van der Waals surface area contributed by atoms with E-state index in [9.17, 15) is 4.79 Å². The molecule has 0 N–H and O–H groups in total. The van der Waals surface area contributed by atoms with Gasteiger partial charge in [0.1, 0.15) is 11.5 Å². The topological polar surface area (TPSA) is 35.5 Å². The van der Waals surface area contributed by atoms with Crippen LogP contribution in [0.15, 0.2) is 24.3 Å². The first kappa shape index (κ1) is 10.7. The monoisotopic (exact) mass is 218 g/mol. The summed E-state index contributed by atoms with van der Waals surface area (Å²) in [5.74, 6) is 1.11. The summed E-state index contributed by atoms with van der Waals surface area (Å²) < 4.78 is 10.3. The van der Waals surface area contributed by atoms with E-state index < -0.39 is 0 Å². The third-order valence-corrected chi connectivity index (χ3v) is 2.53. The van der Waals surface area contributed by atoms with Crippen LogP contribution < -0.4 is 4.74 Å². The lowest BCUT2D eigenvalue weighted by Gasteiger charge is -2.01. The quantitative estimate of drug-likeness (QED) is 0.731. The van der Waals surface area contributed by atoms with Crippen molar-refractivity contribution in [3.05, 3.63) is 35.4 Å². The summed E-state index contributed by atoms with van der Waals surface area (Å²) in [6.07, 6.45) is 3.88. The van der Waals surface area contributed by atoms with Crippen LogP contribution >= 0.6 is 0 Å². The number of methoxy groups -OCH3 is 1. The first-order chi connectivity index (χ1) is 7.76. The Balaban J connectivity index is 2.42. The minimum atomic E-state index is -0.278. The number of benzene rings is 1. The van der Waals surface area contributed by atoms with Gasteiger partial charge in [-0.3, -0.25) is 0 Å². The summed E-state index contributed by atoms with van der Waals surface area (Å²) in [6, 6.07) is 5.34. The van der Waals surface area contributed by atoms with E-state index in [2.05, 4.69) is 6.92 Å². The predicted molar refractivity (Wildman–Crippen MR) is 61.3 cm³/mol. The fourth-order valence-electron chi connectivity index (χ4n) is 1.67. The third kappa shape index (κ3) is 1.81. The van der Waals surface area contributed by atoms with Crippen molar-refractivity contribution in [2.45, 2.75) is 19.8 Å². The van der Waals surface area contributed by atoms with Crippen molar-refractivity contribution in [2.24, 2.45) is 0 Å². The molecule has 0 fully saturated rings. The average molecular weight is 218 g/mol. The van der Waals surface area contributed by atoms with Crippen LogP contribution in [0.4, 0.5) is 0 Å². The molecule has 0 amide bonds.